The van der Waals surface area contributed by atoms with Gasteiger partial charge < -0.3 is 10.2 Å². The van der Waals surface area contributed by atoms with Gasteiger partial charge in [0, 0.05) is 38.3 Å². The average Bonchev–Trinajstić information content (AvgIpc) is 2.62. The van der Waals surface area contributed by atoms with Crippen molar-refractivity contribution in [1.29, 1.82) is 0 Å². The molecule has 0 saturated heterocycles. The number of nitrogens with zero attached hydrogens (tertiary/aromatic N) is 3. The van der Waals surface area contributed by atoms with E-state index < -0.39 is 0 Å². The fourth-order valence-corrected chi connectivity index (χ4v) is 3.02. The molecule has 2 aromatic rings. The normalized spacial score (nSPS) is 13.6. The zero-order chi connectivity index (χ0) is 16.9. The van der Waals surface area contributed by atoms with Gasteiger partial charge in [-0.2, -0.15) is 0 Å². The summed E-state index contributed by atoms with van der Waals surface area (Å²) in [6.07, 6.45) is 0.975. The Hall–Kier alpha value is -2.16. The highest BCUT2D eigenvalue weighted by atomic mass is 127. The van der Waals surface area contributed by atoms with Crippen LogP contribution in [0.3, 0.4) is 0 Å². The lowest BCUT2D eigenvalue weighted by atomic mass is 10.0. The van der Waals surface area contributed by atoms with Crippen LogP contribution in [0, 0.1) is 10.1 Å². The van der Waals surface area contributed by atoms with Gasteiger partial charge in [-0.15, -0.1) is 24.0 Å². The number of nitro benzene ring substituents is 1. The van der Waals surface area contributed by atoms with Crippen molar-refractivity contribution in [3.05, 3.63) is 75.3 Å². The van der Waals surface area contributed by atoms with Gasteiger partial charge in [0.1, 0.15) is 0 Å². The second-order valence-corrected chi connectivity index (χ2v) is 5.73. The zero-order valence-corrected chi connectivity index (χ0v) is 16.3. The third-order valence-electron chi connectivity index (χ3n) is 4.27. The predicted octanol–water partition coefficient (Wildman–Crippen LogP) is 3.35. The lowest BCUT2D eigenvalue weighted by molar-refractivity contribution is -0.385. The maximum absolute atomic E-state index is 11.1. The third-order valence-corrected chi connectivity index (χ3v) is 4.27. The molecule has 2 aromatic carbocycles. The van der Waals surface area contributed by atoms with Crippen LogP contribution in [0.2, 0.25) is 0 Å². The molecule has 6 nitrogen and oxygen atoms in total. The van der Waals surface area contributed by atoms with Crippen LogP contribution in [-0.4, -0.2) is 29.4 Å². The minimum atomic E-state index is -0.350. The highest BCUT2D eigenvalue weighted by Crippen LogP contribution is 2.20. The molecule has 25 heavy (non-hydrogen) atoms. The summed E-state index contributed by atoms with van der Waals surface area (Å²) in [5.41, 5.74) is 3.46. The number of aliphatic imine (C=N–C) groups is 1. The largest absolute Gasteiger partial charge is 0.352 e. The van der Waals surface area contributed by atoms with Crippen LogP contribution in [-0.2, 0) is 19.5 Å². The summed E-state index contributed by atoms with van der Waals surface area (Å²) in [4.78, 5) is 17.3. The Bertz CT molecular complexity index is 779. The molecule has 0 atom stereocenters. The van der Waals surface area contributed by atoms with E-state index in [1.54, 1.807) is 19.2 Å². The quantitative estimate of drug-likeness (QED) is 0.255. The number of fused-ring (bicyclic) bond motifs is 1. The van der Waals surface area contributed by atoms with Crippen molar-refractivity contribution in [2.24, 2.45) is 4.99 Å². The maximum atomic E-state index is 11.1. The molecule has 1 N–H and O–H groups in total. The fraction of sp³-hybridized carbons (Fsp3) is 0.278. The number of para-hydroxylation sites is 1. The number of guanidine groups is 1. The van der Waals surface area contributed by atoms with Crippen molar-refractivity contribution in [2.45, 2.75) is 19.5 Å². The highest BCUT2D eigenvalue weighted by Gasteiger charge is 2.19. The molecule has 1 aliphatic heterocycles. The summed E-state index contributed by atoms with van der Waals surface area (Å²) in [6.45, 7) is 2.06. The number of hydrogen-bond acceptors (Lipinski definition) is 3. The van der Waals surface area contributed by atoms with Crippen LogP contribution in [0.25, 0.3) is 0 Å². The van der Waals surface area contributed by atoms with E-state index in [9.17, 15) is 10.1 Å². The number of hydrogen-bond donors (Lipinski definition) is 1. The molecule has 0 aliphatic carbocycles. The van der Waals surface area contributed by atoms with E-state index >= 15 is 0 Å². The van der Waals surface area contributed by atoms with E-state index in [1.165, 1.54) is 17.2 Å². The Morgan fingerprint density at radius 1 is 1.20 bits per heavy atom. The Kier molecular flexibility index (Phi) is 6.74. The van der Waals surface area contributed by atoms with Crippen molar-refractivity contribution in [2.75, 3.05) is 13.6 Å². The van der Waals surface area contributed by atoms with Crippen LogP contribution in [0.1, 0.15) is 16.7 Å². The summed E-state index contributed by atoms with van der Waals surface area (Å²) in [5, 5.41) is 14.4. The van der Waals surface area contributed by atoms with E-state index in [2.05, 4.69) is 33.4 Å². The zero-order valence-electron chi connectivity index (χ0n) is 14.0. The van der Waals surface area contributed by atoms with E-state index in [4.69, 9.17) is 0 Å². The monoisotopic (exact) mass is 452 g/mol. The van der Waals surface area contributed by atoms with Crippen molar-refractivity contribution in [3.8, 4) is 0 Å². The Balaban J connectivity index is 0.00000225. The lowest BCUT2D eigenvalue weighted by Gasteiger charge is -2.31. The maximum Gasteiger partial charge on any atom is 0.274 e. The molecule has 0 spiro atoms. The van der Waals surface area contributed by atoms with Crippen LogP contribution in [0.5, 0.6) is 0 Å². The second-order valence-electron chi connectivity index (χ2n) is 5.73. The number of benzene rings is 2. The first-order valence-corrected chi connectivity index (χ1v) is 7.93. The highest BCUT2D eigenvalue weighted by molar-refractivity contribution is 14.0. The van der Waals surface area contributed by atoms with Gasteiger partial charge in [0.05, 0.1) is 4.92 Å². The van der Waals surface area contributed by atoms with Gasteiger partial charge in [-0.05, 0) is 17.5 Å². The van der Waals surface area contributed by atoms with Gasteiger partial charge in [-0.3, -0.25) is 15.1 Å². The van der Waals surface area contributed by atoms with Crippen molar-refractivity contribution in [3.63, 3.8) is 0 Å². The first-order valence-electron chi connectivity index (χ1n) is 7.93. The predicted molar refractivity (Wildman–Crippen MR) is 109 cm³/mol. The average molecular weight is 452 g/mol. The summed E-state index contributed by atoms with van der Waals surface area (Å²) >= 11 is 0. The van der Waals surface area contributed by atoms with Gasteiger partial charge >= 0.3 is 0 Å². The van der Waals surface area contributed by atoms with Gasteiger partial charge in [-0.1, -0.05) is 42.5 Å². The molecule has 7 heteroatoms. The van der Waals surface area contributed by atoms with Crippen LogP contribution in [0.15, 0.2) is 53.5 Å². The topological polar surface area (TPSA) is 70.8 Å². The molecule has 132 valence electrons. The molecule has 0 bridgehead atoms. The van der Waals surface area contributed by atoms with Crippen LogP contribution >= 0.6 is 24.0 Å². The van der Waals surface area contributed by atoms with E-state index in [0.717, 1.165) is 25.5 Å². The minimum absolute atomic E-state index is 0. The lowest BCUT2D eigenvalue weighted by Crippen LogP contribution is -2.43. The smallest absolute Gasteiger partial charge is 0.274 e. The molecule has 1 aliphatic rings. The molecule has 1 heterocycles. The van der Waals surface area contributed by atoms with Crippen molar-refractivity contribution in [1.82, 2.24) is 10.2 Å². The van der Waals surface area contributed by atoms with Gasteiger partial charge in [-0.25, -0.2) is 0 Å². The molecule has 0 amide bonds. The number of halogens is 1. The van der Waals surface area contributed by atoms with Gasteiger partial charge in [0.2, 0.25) is 0 Å². The molecule has 0 aromatic heterocycles. The standard InChI is InChI=1S/C18H20N4O2.HI/c1-19-18(20-12-15-7-4-5-9-17(15)22(23)24)21-11-10-14-6-2-3-8-16(14)13-21;/h2-9H,10-13H2,1H3,(H,19,20);1H. The summed E-state index contributed by atoms with van der Waals surface area (Å²) < 4.78 is 0. The van der Waals surface area contributed by atoms with E-state index in [0.29, 0.717) is 12.1 Å². The summed E-state index contributed by atoms with van der Waals surface area (Å²) in [7, 11) is 1.74. The van der Waals surface area contributed by atoms with Gasteiger partial charge in [0.25, 0.3) is 5.69 Å². The summed E-state index contributed by atoms with van der Waals surface area (Å²) in [6, 6.07) is 15.2. The molecular weight excluding hydrogens is 431 g/mol. The second kappa shape index (κ2) is 8.80. The Morgan fingerprint density at radius 2 is 1.88 bits per heavy atom. The first kappa shape index (κ1) is 19.2. The van der Waals surface area contributed by atoms with Gasteiger partial charge in [0.15, 0.2) is 5.96 Å². The van der Waals surface area contributed by atoms with E-state index in [-0.39, 0.29) is 34.6 Å². The molecule has 0 fully saturated rings. The van der Waals surface area contributed by atoms with Crippen LogP contribution in [0.4, 0.5) is 5.69 Å². The molecular formula is C18H21IN4O2. The molecule has 0 unspecified atom stereocenters. The molecule has 0 radical (unpaired) electrons. The Labute approximate surface area is 164 Å². The van der Waals surface area contributed by atoms with Crippen molar-refractivity contribution >= 4 is 35.6 Å². The molecule has 0 saturated carbocycles. The summed E-state index contributed by atoms with van der Waals surface area (Å²) in [5.74, 6) is 0.766. The van der Waals surface area contributed by atoms with Crippen molar-refractivity contribution < 1.29 is 4.92 Å². The SMILES string of the molecule is CN=C(NCc1ccccc1[N+](=O)[O-])N1CCc2ccccc2C1.I. The number of nitro groups is 1. The molecule has 3 rings (SSSR count). The Morgan fingerprint density at radius 3 is 2.60 bits per heavy atom. The first-order chi connectivity index (χ1) is 11.7. The fourth-order valence-electron chi connectivity index (χ4n) is 3.02. The van der Waals surface area contributed by atoms with Crippen LogP contribution < -0.4 is 5.32 Å². The van der Waals surface area contributed by atoms with E-state index in [1.807, 2.05) is 12.1 Å². The third kappa shape index (κ3) is 4.47. The minimum Gasteiger partial charge on any atom is -0.352 e. The number of rotatable bonds is 3. The number of nitrogens with one attached hydrogen (secondary N) is 1.